The van der Waals surface area contributed by atoms with Gasteiger partial charge in [-0.15, -0.1) is 0 Å². The van der Waals surface area contributed by atoms with E-state index in [1.54, 1.807) is 21.1 Å². The van der Waals surface area contributed by atoms with Gasteiger partial charge >= 0.3 is 0 Å². The van der Waals surface area contributed by atoms with E-state index >= 15 is 0 Å². The molecule has 0 amide bonds. The topological polar surface area (TPSA) is 96.1 Å². The van der Waals surface area contributed by atoms with Crippen LogP contribution in [0.15, 0.2) is 4.90 Å². The van der Waals surface area contributed by atoms with E-state index in [4.69, 9.17) is 4.74 Å². The molecule has 2 unspecified atom stereocenters. The Kier molecular flexibility index (Phi) is 4.79. The normalized spacial score (nSPS) is 23.4. The summed E-state index contributed by atoms with van der Waals surface area (Å²) in [6, 6.07) is -0.165. The molecule has 8 heteroatoms. The van der Waals surface area contributed by atoms with Crippen LogP contribution in [-0.4, -0.2) is 44.9 Å². The molecule has 1 aliphatic rings. The van der Waals surface area contributed by atoms with Crippen molar-refractivity contribution in [3.05, 3.63) is 11.4 Å². The molecule has 0 aromatic carbocycles. The van der Waals surface area contributed by atoms with Crippen molar-refractivity contribution >= 4 is 10.0 Å². The average molecular weight is 302 g/mol. The van der Waals surface area contributed by atoms with Crippen molar-refractivity contribution in [3.8, 4) is 0 Å². The van der Waals surface area contributed by atoms with Gasteiger partial charge in [0.25, 0.3) is 0 Å². The molecule has 0 bridgehead atoms. The molecule has 114 valence electrons. The van der Waals surface area contributed by atoms with Gasteiger partial charge in [0.05, 0.1) is 17.5 Å². The number of nitrogens with one attached hydrogen (secondary N) is 3. The van der Waals surface area contributed by atoms with Gasteiger partial charge in [0.2, 0.25) is 10.0 Å². The van der Waals surface area contributed by atoms with E-state index in [1.165, 1.54) is 0 Å². The molecule has 2 rings (SSSR count). The Balaban J connectivity index is 2.24. The van der Waals surface area contributed by atoms with Crippen molar-refractivity contribution in [2.24, 2.45) is 0 Å². The molecular weight excluding hydrogens is 280 g/mol. The van der Waals surface area contributed by atoms with Crippen LogP contribution in [0.2, 0.25) is 0 Å². The number of ether oxygens (including phenoxy) is 1. The van der Waals surface area contributed by atoms with Gasteiger partial charge in [0, 0.05) is 19.7 Å². The molecular formula is C12H22N4O3S. The summed E-state index contributed by atoms with van der Waals surface area (Å²) in [5, 5.41) is 9.71. The van der Waals surface area contributed by atoms with Crippen LogP contribution in [0.4, 0.5) is 0 Å². The van der Waals surface area contributed by atoms with E-state index in [0.29, 0.717) is 17.9 Å². The highest BCUT2D eigenvalue weighted by Crippen LogP contribution is 2.25. The summed E-state index contributed by atoms with van der Waals surface area (Å²) in [5.41, 5.74) is 1.05. The zero-order chi connectivity index (χ0) is 14.8. The molecule has 1 saturated carbocycles. The van der Waals surface area contributed by atoms with Crippen molar-refractivity contribution in [3.63, 3.8) is 0 Å². The summed E-state index contributed by atoms with van der Waals surface area (Å²) in [7, 11) is -0.217. The summed E-state index contributed by atoms with van der Waals surface area (Å²) in [5.74, 6) is 0. The molecule has 1 aliphatic carbocycles. The fraction of sp³-hybridized carbons (Fsp3) is 0.750. The molecule has 0 spiro atoms. The maximum atomic E-state index is 12.6. The summed E-state index contributed by atoms with van der Waals surface area (Å²) in [6.07, 6.45) is 2.61. The first-order chi connectivity index (χ1) is 9.49. The molecule has 0 aliphatic heterocycles. The number of hydrogen-bond donors (Lipinski definition) is 3. The number of H-pyrrole nitrogens is 1. The van der Waals surface area contributed by atoms with Crippen LogP contribution in [-0.2, 0) is 21.3 Å². The number of hydrogen-bond acceptors (Lipinski definition) is 5. The molecule has 2 atom stereocenters. The Hall–Kier alpha value is -0.960. The number of sulfonamides is 1. The highest BCUT2D eigenvalue weighted by Gasteiger charge is 2.33. The molecule has 0 saturated heterocycles. The van der Waals surface area contributed by atoms with Crippen molar-refractivity contribution in [1.29, 1.82) is 0 Å². The summed E-state index contributed by atoms with van der Waals surface area (Å²) >= 11 is 0. The largest absolute Gasteiger partial charge is 0.380 e. The smallest absolute Gasteiger partial charge is 0.244 e. The lowest BCUT2D eigenvalue weighted by atomic mass is 10.2. The second-order valence-electron chi connectivity index (χ2n) is 5.09. The molecule has 1 fully saturated rings. The van der Waals surface area contributed by atoms with Crippen molar-refractivity contribution in [2.45, 2.75) is 49.8 Å². The molecule has 1 aromatic rings. The predicted molar refractivity (Wildman–Crippen MR) is 74.8 cm³/mol. The molecule has 1 heterocycles. The third-order valence-corrected chi connectivity index (χ3v) is 5.33. The summed E-state index contributed by atoms with van der Waals surface area (Å²) < 4.78 is 33.2. The van der Waals surface area contributed by atoms with Crippen LogP contribution in [0.3, 0.4) is 0 Å². The van der Waals surface area contributed by atoms with Crippen molar-refractivity contribution < 1.29 is 13.2 Å². The maximum absolute atomic E-state index is 12.6. The predicted octanol–water partition coefficient (Wildman–Crippen LogP) is 0.283. The number of aryl methyl sites for hydroxylation is 1. The molecule has 3 N–H and O–H groups in total. The van der Waals surface area contributed by atoms with Gasteiger partial charge in [-0.25, -0.2) is 13.1 Å². The van der Waals surface area contributed by atoms with Crippen molar-refractivity contribution in [1.82, 2.24) is 20.2 Å². The Morgan fingerprint density at radius 1 is 1.45 bits per heavy atom. The molecule has 7 nitrogen and oxygen atoms in total. The standard InChI is InChI=1S/C12H22N4O3S/c1-8-12(10(7-13-2)15-14-8)20(17,18)16-9-5-4-6-11(9)19-3/h9,11,13,16H,4-7H2,1-3H3,(H,14,15). The van der Waals surface area contributed by atoms with Crippen LogP contribution in [0.5, 0.6) is 0 Å². The van der Waals surface area contributed by atoms with E-state index in [0.717, 1.165) is 19.3 Å². The molecule has 0 radical (unpaired) electrons. The van der Waals surface area contributed by atoms with Crippen LogP contribution < -0.4 is 10.0 Å². The van der Waals surface area contributed by atoms with Crippen LogP contribution in [0, 0.1) is 6.92 Å². The first kappa shape index (κ1) is 15.4. The van der Waals surface area contributed by atoms with Crippen LogP contribution in [0.1, 0.15) is 30.7 Å². The Morgan fingerprint density at radius 2 is 2.20 bits per heavy atom. The Bertz CT molecular complexity index is 555. The first-order valence-electron chi connectivity index (χ1n) is 6.73. The second kappa shape index (κ2) is 6.21. The van der Waals surface area contributed by atoms with Gasteiger partial charge in [0.15, 0.2) is 0 Å². The van der Waals surface area contributed by atoms with E-state index in [-0.39, 0.29) is 17.0 Å². The van der Waals surface area contributed by atoms with Gasteiger partial charge in [0.1, 0.15) is 4.90 Å². The van der Waals surface area contributed by atoms with E-state index < -0.39 is 10.0 Å². The zero-order valence-corrected chi connectivity index (χ0v) is 12.9. The molecule has 1 aromatic heterocycles. The molecule has 20 heavy (non-hydrogen) atoms. The third kappa shape index (κ3) is 3.03. The number of aromatic nitrogens is 2. The lowest BCUT2D eigenvalue weighted by molar-refractivity contribution is 0.0916. The number of aromatic amines is 1. The van der Waals surface area contributed by atoms with Gasteiger partial charge in [-0.05, 0) is 33.2 Å². The minimum atomic E-state index is -3.59. The fourth-order valence-electron chi connectivity index (χ4n) is 2.71. The van der Waals surface area contributed by atoms with E-state index in [2.05, 4.69) is 20.2 Å². The third-order valence-electron chi connectivity index (χ3n) is 3.64. The minimum Gasteiger partial charge on any atom is -0.380 e. The van der Waals surface area contributed by atoms with E-state index in [1.807, 2.05) is 0 Å². The van der Waals surface area contributed by atoms with Gasteiger partial charge < -0.3 is 10.1 Å². The lowest BCUT2D eigenvalue weighted by Gasteiger charge is -2.19. The average Bonchev–Trinajstić information content (AvgIpc) is 2.96. The van der Waals surface area contributed by atoms with Crippen molar-refractivity contribution in [2.75, 3.05) is 14.2 Å². The first-order valence-corrected chi connectivity index (χ1v) is 8.21. The fourth-order valence-corrected chi connectivity index (χ4v) is 4.38. The van der Waals surface area contributed by atoms with Gasteiger partial charge in [-0.3, -0.25) is 5.10 Å². The quantitative estimate of drug-likeness (QED) is 0.701. The maximum Gasteiger partial charge on any atom is 0.244 e. The van der Waals surface area contributed by atoms with Crippen LogP contribution >= 0.6 is 0 Å². The lowest BCUT2D eigenvalue weighted by Crippen LogP contribution is -2.41. The highest BCUT2D eigenvalue weighted by molar-refractivity contribution is 7.89. The summed E-state index contributed by atoms with van der Waals surface area (Å²) in [6.45, 7) is 2.11. The monoisotopic (exact) mass is 302 g/mol. The minimum absolute atomic E-state index is 0.0512. The highest BCUT2D eigenvalue weighted by atomic mass is 32.2. The van der Waals surface area contributed by atoms with E-state index in [9.17, 15) is 8.42 Å². The zero-order valence-electron chi connectivity index (χ0n) is 12.1. The van der Waals surface area contributed by atoms with Crippen LogP contribution in [0.25, 0.3) is 0 Å². The number of nitrogens with zero attached hydrogens (tertiary/aromatic N) is 1. The van der Waals surface area contributed by atoms with Gasteiger partial charge in [-0.2, -0.15) is 5.10 Å². The number of methoxy groups -OCH3 is 1. The number of rotatable bonds is 6. The summed E-state index contributed by atoms with van der Waals surface area (Å²) in [4.78, 5) is 0.244. The Morgan fingerprint density at radius 3 is 2.85 bits per heavy atom. The second-order valence-corrected chi connectivity index (χ2v) is 6.74. The SMILES string of the molecule is CNCc1n[nH]c(C)c1S(=O)(=O)NC1CCCC1OC. The van der Waals surface area contributed by atoms with Gasteiger partial charge in [-0.1, -0.05) is 0 Å². The Labute approximate surface area is 119 Å².